The molecule has 0 spiro atoms. The smallest absolute Gasteiger partial charge is 0.338 e. The van der Waals surface area contributed by atoms with Crippen molar-refractivity contribution in [3.05, 3.63) is 28.8 Å². The van der Waals surface area contributed by atoms with Gasteiger partial charge in [0, 0.05) is 13.7 Å². The Morgan fingerprint density at radius 2 is 1.71 bits per heavy atom. The van der Waals surface area contributed by atoms with E-state index in [9.17, 15) is 4.79 Å². The maximum absolute atomic E-state index is 11.9. The van der Waals surface area contributed by atoms with Crippen molar-refractivity contribution in [3.63, 3.8) is 0 Å². The summed E-state index contributed by atoms with van der Waals surface area (Å²) in [5.41, 5.74) is 0.446. The van der Waals surface area contributed by atoms with Crippen LogP contribution in [0.4, 0.5) is 0 Å². The standard InChI is InChI=1S/C19H29ClO4/c1-3-4-5-6-7-13-23-18-11-10-16(15-17(18)20)19(21)24-14-9-8-12-22-2/h10-11,15H,3-9,12-14H2,1-2H3. The van der Waals surface area contributed by atoms with Crippen LogP contribution in [0.1, 0.15) is 62.2 Å². The largest absolute Gasteiger partial charge is 0.492 e. The first kappa shape index (κ1) is 20.8. The number of rotatable bonds is 13. The van der Waals surface area contributed by atoms with E-state index < -0.39 is 0 Å². The Morgan fingerprint density at radius 1 is 1.00 bits per heavy atom. The van der Waals surface area contributed by atoms with Gasteiger partial charge < -0.3 is 14.2 Å². The monoisotopic (exact) mass is 356 g/mol. The van der Waals surface area contributed by atoms with Crippen molar-refractivity contribution in [2.75, 3.05) is 26.9 Å². The molecule has 0 fully saturated rings. The Labute approximate surface area is 150 Å². The van der Waals surface area contributed by atoms with Gasteiger partial charge in [-0.25, -0.2) is 4.79 Å². The summed E-state index contributed by atoms with van der Waals surface area (Å²) in [5.74, 6) is 0.254. The first-order valence-electron chi connectivity index (χ1n) is 8.77. The average molecular weight is 357 g/mol. The zero-order valence-electron chi connectivity index (χ0n) is 14.8. The van der Waals surface area contributed by atoms with Gasteiger partial charge in [-0.3, -0.25) is 0 Å². The van der Waals surface area contributed by atoms with Gasteiger partial charge in [0.1, 0.15) is 5.75 Å². The molecule has 0 saturated heterocycles. The fourth-order valence-corrected chi connectivity index (χ4v) is 2.46. The van der Waals surface area contributed by atoms with E-state index in [2.05, 4.69) is 6.92 Å². The molecular weight excluding hydrogens is 328 g/mol. The van der Waals surface area contributed by atoms with Gasteiger partial charge in [0.15, 0.2) is 0 Å². The summed E-state index contributed by atoms with van der Waals surface area (Å²) < 4.78 is 15.8. The molecule has 0 aromatic heterocycles. The molecule has 0 radical (unpaired) electrons. The van der Waals surface area contributed by atoms with Crippen LogP contribution in [-0.2, 0) is 9.47 Å². The molecule has 0 unspecified atom stereocenters. The van der Waals surface area contributed by atoms with E-state index in [1.54, 1.807) is 25.3 Å². The van der Waals surface area contributed by atoms with Crippen molar-refractivity contribution in [2.24, 2.45) is 0 Å². The van der Waals surface area contributed by atoms with Crippen molar-refractivity contribution in [3.8, 4) is 5.75 Å². The lowest BCUT2D eigenvalue weighted by Crippen LogP contribution is -2.07. The fourth-order valence-electron chi connectivity index (χ4n) is 2.23. The highest BCUT2D eigenvalue weighted by Crippen LogP contribution is 2.26. The number of esters is 1. The average Bonchev–Trinajstić information content (AvgIpc) is 2.58. The summed E-state index contributed by atoms with van der Waals surface area (Å²) in [6, 6.07) is 5.02. The number of unbranched alkanes of at least 4 members (excludes halogenated alkanes) is 5. The van der Waals surface area contributed by atoms with Gasteiger partial charge in [-0.05, 0) is 37.5 Å². The summed E-state index contributed by atoms with van der Waals surface area (Å²) in [5, 5.41) is 0.442. The van der Waals surface area contributed by atoms with E-state index in [-0.39, 0.29) is 5.97 Å². The van der Waals surface area contributed by atoms with Crippen LogP contribution < -0.4 is 4.74 Å². The normalized spacial score (nSPS) is 10.6. The first-order valence-corrected chi connectivity index (χ1v) is 9.15. The molecule has 1 rings (SSSR count). The molecule has 0 aliphatic rings. The number of benzene rings is 1. The van der Waals surface area contributed by atoms with Gasteiger partial charge in [-0.1, -0.05) is 44.2 Å². The Hall–Kier alpha value is -1.26. The number of hydrogen-bond donors (Lipinski definition) is 0. The summed E-state index contributed by atoms with van der Waals surface area (Å²) in [4.78, 5) is 11.9. The fraction of sp³-hybridized carbons (Fsp3) is 0.632. The van der Waals surface area contributed by atoms with Gasteiger partial charge in [0.25, 0.3) is 0 Å². The molecule has 0 atom stereocenters. The van der Waals surface area contributed by atoms with Crippen molar-refractivity contribution >= 4 is 17.6 Å². The van der Waals surface area contributed by atoms with Crippen molar-refractivity contribution in [1.82, 2.24) is 0 Å². The van der Waals surface area contributed by atoms with Crippen LogP contribution in [0.3, 0.4) is 0 Å². The lowest BCUT2D eigenvalue weighted by Gasteiger charge is -2.10. The predicted molar refractivity (Wildman–Crippen MR) is 97.1 cm³/mol. The summed E-state index contributed by atoms with van der Waals surface area (Å²) in [7, 11) is 1.66. The number of ether oxygens (including phenoxy) is 3. The molecule has 5 heteroatoms. The van der Waals surface area contributed by atoms with E-state index in [1.807, 2.05) is 0 Å². The lowest BCUT2D eigenvalue weighted by molar-refractivity contribution is 0.0489. The highest BCUT2D eigenvalue weighted by Gasteiger charge is 2.10. The van der Waals surface area contributed by atoms with Crippen LogP contribution in [0.25, 0.3) is 0 Å². The minimum absolute atomic E-state index is 0.361. The molecule has 0 heterocycles. The van der Waals surface area contributed by atoms with Crippen LogP contribution in [0.15, 0.2) is 18.2 Å². The number of halogens is 1. The number of methoxy groups -OCH3 is 1. The quantitative estimate of drug-likeness (QED) is 0.356. The molecular formula is C19H29ClO4. The molecule has 0 saturated carbocycles. The highest BCUT2D eigenvalue weighted by atomic mass is 35.5. The molecule has 24 heavy (non-hydrogen) atoms. The van der Waals surface area contributed by atoms with E-state index in [4.69, 9.17) is 25.8 Å². The minimum atomic E-state index is -0.361. The van der Waals surface area contributed by atoms with Gasteiger partial charge in [-0.15, -0.1) is 0 Å². The molecule has 0 aliphatic carbocycles. The van der Waals surface area contributed by atoms with Crippen molar-refractivity contribution in [2.45, 2.75) is 51.9 Å². The van der Waals surface area contributed by atoms with Crippen LogP contribution in [0, 0.1) is 0 Å². The number of carbonyl (C=O) groups is 1. The van der Waals surface area contributed by atoms with Crippen LogP contribution in [0.2, 0.25) is 5.02 Å². The molecule has 0 bridgehead atoms. The van der Waals surface area contributed by atoms with Crippen LogP contribution >= 0.6 is 11.6 Å². The Kier molecular flexibility index (Phi) is 11.3. The SMILES string of the molecule is CCCCCCCOc1ccc(C(=O)OCCCCOC)cc1Cl. The van der Waals surface area contributed by atoms with Crippen molar-refractivity contribution in [1.29, 1.82) is 0 Å². The molecule has 1 aromatic rings. The predicted octanol–water partition coefficient (Wildman–Crippen LogP) is 5.27. The van der Waals surface area contributed by atoms with Crippen LogP contribution in [-0.4, -0.2) is 32.9 Å². The molecule has 0 amide bonds. The van der Waals surface area contributed by atoms with Gasteiger partial charge in [-0.2, -0.15) is 0 Å². The van der Waals surface area contributed by atoms with E-state index in [1.165, 1.54) is 25.7 Å². The summed E-state index contributed by atoms with van der Waals surface area (Å²) in [6.45, 7) is 3.90. The Morgan fingerprint density at radius 3 is 2.42 bits per heavy atom. The third kappa shape index (κ3) is 8.55. The topological polar surface area (TPSA) is 44.8 Å². The zero-order chi connectivity index (χ0) is 17.6. The summed E-state index contributed by atoms with van der Waals surface area (Å²) in [6.07, 6.45) is 7.57. The third-order valence-electron chi connectivity index (χ3n) is 3.65. The first-order chi connectivity index (χ1) is 11.7. The lowest BCUT2D eigenvalue weighted by atomic mass is 10.2. The molecule has 1 aromatic carbocycles. The maximum Gasteiger partial charge on any atom is 0.338 e. The second-order valence-electron chi connectivity index (χ2n) is 5.74. The van der Waals surface area contributed by atoms with Gasteiger partial charge >= 0.3 is 5.97 Å². The number of carbonyl (C=O) groups excluding carboxylic acids is 1. The molecule has 136 valence electrons. The van der Waals surface area contributed by atoms with E-state index >= 15 is 0 Å². The molecule has 0 N–H and O–H groups in total. The Bertz CT molecular complexity index is 476. The zero-order valence-corrected chi connectivity index (χ0v) is 15.6. The molecule has 4 nitrogen and oxygen atoms in total. The van der Waals surface area contributed by atoms with Crippen LogP contribution in [0.5, 0.6) is 5.75 Å². The van der Waals surface area contributed by atoms with Gasteiger partial charge in [0.05, 0.1) is 23.8 Å². The minimum Gasteiger partial charge on any atom is -0.492 e. The van der Waals surface area contributed by atoms with E-state index in [0.29, 0.717) is 36.2 Å². The Balaban J connectivity index is 2.33. The molecule has 0 aliphatic heterocycles. The maximum atomic E-state index is 11.9. The highest BCUT2D eigenvalue weighted by molar-refractivity contribution is 6.32. The summed E-state index contributed by atoms with van der Waals surface area (Å²) >= 11 is 6.19. The van der Waals surface area contributed by atoms with Gasteiger partial charge in [0.2, 0.25) is 0 Å². The second kappa shape index (κ2) is 13.1. The van der Waals surface area contributed by atoms with Crippen molar-refractivity contribution < 1.29 is 19.0 Å². The number of hydrogen-bond acceptors (Lipinski definition) is 4. The van der Waals surface area contributed by atoms with E-state index in [0.717, 1.165) is 19.3 Å². The second-order valence-corrected chi connectivity index (χ2v) is 6.15. The third-order valence-corrected chi connectivity index (χ3v) is 3.94.